The van der Waals surface area contributed by atoms with Crippen molar-refractivity contribution in [2.24, 2.45) is 0 Å². The van der Waals surface area contributed by atoms with Gasteiger partial charge in [-0.25, -0.2) is 15.0 Å². The second kappa shape index (κ2) is 8.22. The first kappa shape index (κ1) is 20.3. The number of furan rings is 1. The second-order valence-corrected chi connectivity index (χ2v) is 7.98. The van der Waals surface area contributed by atoms with Crippen LogP contribution >= 0.6 is 0 Å². The molecule has 0 radical (unpaired) electrons. The minimum Gasteiger partial charge on any atom is -0.455 e. The van der Waals surface area contributed by atoms with E-state index in [-0.39, 0.29) is 0 Å². The molecule has 6 aromatic rings. The fraction of sp³-hybridized carbons (Fsp3) is 0. The van der Waals surface area contributed by atoms with E-state index in [0.29, 0.717) is 39.7 Å². The van der Waals surface area contributed by atoms with Crippen LogP contribution in [0.1, 0.15) is 11.1 Å². The summed E-state index contributed by atoms with van der Waals surface area (Å²) in [7, 11) is 0. The molecule has 6 rings (SSSR count). The van der Waals surface area contributed by atoms with E-state index in [0.717, 1.165) is 27.5 Å². The Morgan fingerprint density at radius 2 is 1.20 bits per heavy atom. The van der Waals surface area contributed by atoms with Crippen molar-refractivity contribution in [2.45, 2.75) is 0 Å². The average molecular weight is 449 g/mol. The quantitative estimate of drug-likeness (QED) is 0.305. The number of hydrogen-bond acceptors (Lipinski definition) is 6. The summed E-state index contributed by atoms with van der Waals surface area (Å²) in [6.45, 7) is 0. The minimum absolute atomic E-state index is 0.363. The van der Waals surface area contributed by atoms with Crippen molar-refractivity contribution in [2.75, 3.05) is 0 Å². The summed E-state index contributed by atoms with van der Waals surface area (Å²) in [5.74, 6) is 1.30. The first-order valence-corrected chi connectivity index (χ1v) is 10.9. The smallest absolute Gasteiger partial charge is 0.167 e. The molecular formula is C29H15N5O. The molecule has 0 aliphatic rings. The van der Waals surface area contributed by atoms with Crippen LogP contribution in [0, 0.1) is 22.7 Å². The summed E-state index contributed by atoms with van der Waals surface area (Å²) in [5, 5.41) is 20.9. The van der Waals surface area contributed by atoms with Gasteiger partial charge in [-0.2, -0.15) is 10.5 Å². The molecular weight excluding hydrogens is 434 g/mol. The Labute approximate surface area is 200 Å². The molecule has 6 heteroatoms. The molecule has 4 aromatic carbocycles. The van der Waals surface area contributed by atoms with Gasteiger partial charge in [0, 0.05) is 21.9 Å². The van der Waals surface area contributed by atoms with E-state index in [1.54, 1.807) is 18.2 Å². The number of fused-ring (bicyclic) bond motifs is 3. The average Bonchev–Trinajstić information content (AvgIpc) is 3.32. The highest BCUT2D eigenvalue weighted by atomic mass is 16.3. The van der Waals surface area contributed by atoms with Gasteiger partial charge in [-0.1, -0.05) is 60.7 Å². The van der Waals surface area contributed by atoms with Gasteiger partial charge in [0.15, 0.2) is 17.5 Å². The third-order valence-corrected chi connectivity index (χ3v) is 5.76. The molecule has 0 saturated heterocycles. The molecule has 0 unspecified atom stereocenters. The van der Waals surface area contributed by atoms with E-state index in [1.165, 1.54) is 0 Å². The molecule has 2 aromatic heterocycles. The van der Waals surface area contributed by atoms with Crippen LogP contribution < -0.4 is 0 Å². The second-order valence-electron chi connectivity index (χ2n) is 7.98. The zero-order valence-electron chi connectivity index (χ0n) is 18.3. The molecule has 0 fully saturated rings. The zero-order chi connectivity index (χ0) is 23.8. The Hall–Kier alpha value is -5.33. The van der Waals surface area contributed by atoms with Crippen LogP contribution in [0.2, 0.25) is 0 Å². The fourth-order valence-corrected chi connectivity index (χ4v) is 4.15. The molecule has 35 heavy (non-hydrogen) atoms. The summed E-state index contributed by atoms with van der Waals surface area (Å²) in [4.78, 5) is 14.3. The lowest BCUT2D eigenvalue weighted by Crippen LogP contribution is -2.01. The maximum absolute atomic E-state index is 9.46. The van der Waals surface area contributed by atoms with Gasteiger partial charge in [-0.15, -0.1) is 0 Å². The highest BCUT2D eigenvalue weighted by Crippen LogP contribution is 2.35. The van der Waals surface area contributed by atoms with E-state index in [2.05, 4.69) is 12.1 Å². The molecule has 0 amide bonds. The predicted octanol–water partition coefficient (Wildman–Crippen LogP) is 6.52. The Morgan fingerprint density at radius 3 is 1.94 bits per heavy atom. The number of nitriles is 2. The number of rotatable bonds is 3. The summed E-state index contributed by atoms with van der Waals surface area (Å²) >= 11 is 0. The largest absolute Gasteiger partial charge is 0.455 e. The Balaban J connectivity index is 1.64. The van der Waals surface area contributed by atoms with Crippen LogP contribution in [0.5, 0.6) is 0 Å². The van der Waals surface area contributed by atoms with Gasteiger partial charge in [0.1, 0.15) is 11.2 Å². The Morgan fingerprint density at radius 1 is 0.571 bits per heavy atom. The molecule has 0 aliphatic carbocycles. The third kappa shape index (κ3) is 3.56. The summed E-state index contributed by atoms with van der Waals surface area (Å²) in [5.41, 5.74) is 4.32. The lowest BCUT2D eigenvalue weighted by atomic mass is 10.1. The number of hydrogen-bond donors (Lipinski definition) is 0. The SMILES string of the molecule is N#Cc1cc(C#N)cc(-c2nc(-c3ccccc3)nc(-c3cccc4c3oc3ccccc34)n2)c1. The van der Waals surface area contributed by atoms with Crippen LogP contribution in [0.15, 0.2) is 95.4 Å². The van der Waals surface area contributed by atoms with E-state index < -0.39 is 0 Å². The number of nitrogens with zero attached hydrogens (tertiary/aromatic N) is 5. The standard InChI is InChI=1S/C29H15N5O/c30-16-18-13-19(17-31)15-21(14-18)28-32-27(20-7-2-1-3-8-20)33-29(34-28)24-11-6-10-23-22-9-4-5-12-25(22)35-26(23)24/h1-15H. The fourth-order valence-electron chi connectivity index (χ4n) is 4.15. The van der Waals surface area contributed by atoms with Crippen LogP contribution in [-0.4, -0.2) is 15.0 Å². The molecule has 162 valence electrons. The predicted molar refractivity (Wildman–Crippen MR) is 133 cm³/mol. The molecule has 0 N–H and O–H groups in total. The van der Waals surface area contributed by atoms with Crippen molar-refractivity contribution in [3.8, 4) is 46.3 Å². The molecule has 0 aliphatic heterocycles. The number of para-hydroxylation sites is 2. The van der Waals surface area contributed by atoms with Gasteiger partial charge >= 0.3 is 0 Å². The minimum atomic E-state index is 0.363. The molecule has 0 bridgehead atoms. The number of aromatic nitrogens is 3. The summed E-state index contributed by atoms with van der Waals surface area (Å²) in [6.07, 6.45) is 0. The molecule has 0 saturated carbocycles. The molecule has 0 atom stereocenters. The van der Waals surface area contributed by atoms with E-state index in [4.69, 9.17) is 19.4 Å². The van der Waals surface area contributed by atoms with Gasteiger partial charge in [0.2, 0.25) is 0 Å². The monoisotopic (exact) mass is 449 g/mol. The van der Waals surface area contributed by atoms with E-state index in [9.17, 15) is 10.5 Å². The highest BCUT2D eigenvalue weighted by Gasteiger charge is 2.18. The van der Waals surface area contributed by atoms with Crippen molar-refractivity contribution in [3.05, 3.63) is 102 Å². The normalized spacial score (nSPS) is 10.8. The van der Waals surface area contributed by atoms with Crippen LogP contribution in [0.25, 0.3) is 56.1 Å². The maximum atomic E-state index is 9.46. The van der Waals surface area contributed by atoms with E-state index in [1.807, 2.05) is 72.8 Å². The van der Waals surface area contributed by atoms with Gasteiger partial charge in [-0.3, -0.25) is 0 Å². The Kier molecular flexibility index (Phi) is 4.77. The Bertz CT molecular complexity index is 1790. The van der Waals surface area contributed by atoms with Crippen molar-refractivity contribution < 1.29 is 4.42 Å². The van der Waals surface area contributed by atoms with Crippen molar-refractivity contribution in [1.82, 2.24) is 15.0 Å². The zero-order valence-corrected chi connectivity index (χ0v) is 18.3. The van der Waals surface area contributed by atoms with E-state index >= 15 is 0 Å². The first-order valence-electron chi connectivity index (χ1n) is 10.9. The molecule has 2 heterocycles. The van der Waals surface area contributed by atoms with Crippen LogP contribution in [0.4, 0.5) is 0 Å². The topological polar surface area (TPSA) is 99.4 Å². The van der Waals surface area contributed by atoms with Gasteiger partial charge in [0.05, 0.1) is 28.8 Å². The van der Waals surface area contributed by atoms with Gasteiger partial charge in [0.25, 0.3) is 0 Å². The van der Waals surface area contributed by atoms with Crippen LogP contribution in [-0.2, 0) is 0 Å². The van der Waals surface area contributed by atoms with Crippen LogP contribution in [0.3, 0.4) is 0 Å². The van der Waals surface area contributed by atoms with Gasteiger partial charge < -0.3 is 4.42 Å². The third-order valence-electron chi connectivity index (χ3n) is 5.76. The highest BCUT2D eigenvalue weighted by molar-refractivity contribution is 6.09. The van der Waals surface area contributed by atoms with Crippen molar-refractivity contribution >= 4 is 21.9 Å². The van der Waals surface area contributed by atoms with Crippen molar-refractivity contribution in [1.29, 1.82) is 10.5 Å². The molecule has 0 spiro atoms. The maximum Gasteiger partial charge on any atom is 0.167 e. The lowest BCUT2D eigenvalue weighted by molar-refractivity contribution is 0.669. The van der Waals surface area contributed by atoms with Gasteiger partial charge in [-0.05, 0) is 30.3 Å². The number of benzene rings is 4. The first-order chi connectivity index (χ1) is 17.2. The summed E-state index contributed by atoms with van der Waals surface area (Å²) < 4.78 is 6.22. The molecule has 6 nitrogen and oxygen atoms in total. The lowest BCUT2D eigenvalue weighted by Gasteiger charge is -2.09. The summed E-state index contributed by atoms with van der Waals surface area (Å²) in [6, 6.07) is 32.5. The van der Waals surface area contributed by atoms with Crippen molar-refractivity contribution in [3.63, 3.8) is 0 Å².